The number of anilines is 1. The van der Waals surface area contributed by atoms with Gasteiger partial charge in [-0.15, -0.1) is 0 Å². The first-order valence-electron chi connectivity index (χ1n) is 9.26. The van der Waals surface area contributed by atoms with E-state index in [2.05, 4.69) is 5.32 Å². The number of carbonyl (C=O) groups excluding carboxylic acids is 3. The first kappa shape index (κ1) is 21.8. The highest BCUT2D eigenvalue weighted by atomic mass is 35.5. The minimum atomic E-state index is -0.808. The minimum Gasteiger partial charge on any atom is -0.452 e. The summed E-state index contributed by atoms with van der Waals surface area (Å²) in [6.07, 6.45) is 0. The number of nitrogens with one attached hydrogen (secondary N) is 1. The van der Waals surface area contributed by atoms with E-state index in [1.807, 2.05) is 25.1 Å². The lowest BCUT2D eigenvalue weighted by Gasteiger charge is -2.10. The lowest BCUT2D eigenvalue weighted by atomic mass is 9.98. The molecule has 1 N–H and O–H groups in total. The van der Waals surface area contributed by atoms with E-state index < -0.39 is 18.5 Å². The maximum atomic E-state index is 12.8. The molecule has 0 spiro atoms. The smallest absolute Gasteiger partial charge is 0.339 e. The van der Waals surface area contributed by atoms with E-state index >= 15 is 0 Å². The highest BCUT2D eigenvalue weighted by molar-refractivity contribution is 6.31. The van der Waals surface area contributed by atoms with Crippen LogP contribution < -0.4 is 5.32 Å². The molecular formula is C24H17ClN2O4. The monoisotopic (exact) mass is 432 g/mol. The standard InChI is InChI=1S/C24H17ClN2O4/c1-15-6-8-16(9-7-15)23(29)19-4-2-3-5-20(19)24(30)31-14-22(28)27-21-12-18(25)11-10-17(21)13-26/h2-12H,14H2,1H3,(H,27,28). The topological polar surface area (TPSA) is 96.3 Å². The first-order valence-corrected chi connectivity index (χ1v) is 9.64. The van der Waals surface area contributed by atoms with Crippen LogP contribution in [0, 0.1) is 18.3 Å². The highest BCUT2D eigenvalue weighted by Gasteiger charge is 2.20. The molecular weight excluding hydrogens is 416 g/mol. The van der Waals surface area contributed by atoms with Crippen LogP contribution in [-0.4, -0.2) is 24.3 Å². The predicted molar refractivity (Wildman–Crippen MR) is 116 cm³/mol. The number of rotatable bonds is 6. The molecule has 0 bridgehead atoms. The summed E-state index contributed by atoms with van der Waals surface area (Å²) in [5, 5.41) is 11.9. The fourth-order valence-electron chi connectivity index (χ4n) is 2.83. The van der Waals surface area contributed by atoms with Crippen molar-refractivity contribution in [3.05, 3.63) is 99.6 Å². The van der Waals surface area contributed by atoms with Crippen LogP contribution in [0.25, 0.3) is 0 Å². The number of esters is 1. The number of nitrogens with zero attached hydrogens (tertiary/aromatic N) is 1. The van der Waals surface area contributed by atoms with Crippen LogP contribution in [0.1, 0.15) is 37.4 Å². The van der Waals surface area contributed by atoms with Crippen LogP contribution in [0.15, 0.2) is 66.7 Å². The quantitative estimate of drug-likeness (QED) is 0.455. The Hall–Kier alpha value is -3.95. The molecule has 31 heavy (non-hydrogen) atoms. The van der Waals surface area contributed by atoms with E-state index in [4.69, 9.17) is 21.6 Å². The van der Waals surface area contributed by atoms with Gasteiger partial charge >= 0.3 is 5.97 Å². The summed E-state index contributed by atoms with van der Waals surface area (Å²) in [6, 6.07) is 19.6. The van der Waals surface area contributed by atoms with E-state index in [9.17, 15) is 14.4 Å². The fourth-order valence-corrected chi connectivity index (χ4v) is 3.00. The van der Waals surface area contributed by atoms with Crippen molar-refractivity contribution in [1.29, 1.82) is 5.26 Å². The summed E-state index contributed by atoms with van der Waals surface area (Å²) < 4.78 is 5.09. The number of halogens is 1. The minimum absolute atomic E-state index is 0.0568. The molecule has 0 aliphatic rings. The molecule has 0 aliphatic heterocycles. The van der Waals surface area contributed by atoms with Gasteiger partial charge in [-0.25, -0.2) is 4.79 Å². The molecule has 0 aliphatic carbocycles. The number of carbonyl (C=O) groups is 3. The Morgan fingerprint density at radius 1 is 1.00 bits per heavy atom. The van der Waals surface area contributed by atoms with Crippen LogP contribution >= 0.6 is 11.6 Å². The summed E-state index contributed by atoms with van der Waals surface area (Å²) >= 11 is 5.89. The average Bonchev–Trinajstić information content (AvgIpc) is 2.77. The molecule has 0 aromatic heterocycles. The number of nitriles is 1. The van der Waals surface area contributed by atoms with Crippen LogP contribution in [0.2, 0.25) is 5.02 Å². The average molecular weight is 433 g/mol. The second-order valence-corrected chi connectivity index (χ2v) is 7.10. The van der Waals surface area contributed by atoms with Gasteiger partial charge in [-0.1, -0.05) is 59.6 Å². The van der Waals surface area contributed by atoms with Gasteiger partial charge in [-0.05, 0) is 31.2 Å². The van der Waals surface area contributed by atoms with Gasteiger partial charge in [0.25, 0.3) is 5.91 Å². The molecule has 0 atom stereocenters. The molecule has 6 nitrogen and oxygen atoms in total. The van der Waals surface area contributed by atoms with Gasteiger partial charge in [0.05, 0.1) is 16.8 Å². The highest BCUT2D eigenvalue weighted by Crippen LogP contribution is 2.20. The molecule has 7 heteroatoms. The van der Waals surface area contributed by atoms with E-state index in [1.165, 1.54) is 30.3 Å². The Balaban J connectivity index is 1.71. The zero-order valence-corrected chi connectivity index (χ0v) is 17.3. The third-order valence-electron chi connectivity index (χ3n) is 4.42. The van der Waals surface area contributed by atoms with Crippen molar-refractivity contribution in [2.45, 2.75) is 6.92 Å². The van der Waals surface area contributed by atoms with Gasteiger partial charge in [0.15, 0.2) is 12.4 Å². The third kappa shape index (κ3) is 5.35. The summed E-state index contributed by atoms with van der Waals surface area (Å²) in [5.74, 6) is -1.78. The Morgan fingerprint density at radius 2 is 1.68 bits per heavy atom. The maximum Gasteiger partial charge on any atom is 0.339 e. The Kier molecular flexibility index (Phi) is 6.81. The van der Waals surface area contributed by atoms with Crippen molar-refractivity contribution in [2.75, 3.05) is 11.9 Å². The molecule has 3 rings (SSSR count). The zero-order chi connectivity index (χ0) is 22.4. The summed E-state index contributed by atoms with van der Waals surface area (Å²) in [4.78, 5) is 37.6. The molecule has 0 saturated carbocycles. The molecule has 0 heterocycles. The Bertz CT molecular complexity index is 1200. The first-order chi connectivity index (χ1) is 14.9. The van der Waals surface area contributed by atoms with Gasteiger partial charge in [0, 0.05) is 16.1 Å². The van der Waals surface area contributed by atoms with Gasteiger partial charge in [0.2, 0.25) is 0 Å². The molecule has 154 valence electrons. The molecule has 1 amide bonds. The SMILES string of the molecule is Cc1ccc(C(=O)c2ccccc2C(=O)OCC(=O)Nc2cc(Cl)ccc2C#N)cc1. The van der Waals surface area contributed by atoms with Crippen molar-refractivity contribution >= 4 is 34.9 Å². The van der Waals surface area contributed by atoms with E-state index in [1.54, 1.807) is 24.3 Å². The van der Waals surface area contributed by atoms with Crippen molar-refractivity contribution in [2.24, 2.45) is 0 Å². The summed E-state index contributed by atoms with van der Waals surface area (Å²) in [6.45, 7) is 1.32. The van der Waals surface area contributed by atoms with E-state index in [-0.39, 0.29) is 28.2 Å². The number of ketones is 1. The second kappa shape index (κ2) is 9.70. The predicted octanol–water partition coefficient (Wildman–Crippen LogP) is 4.55. The van der Waals surface area contributed by atoms with E-state index in [0.29, 0.717) is 10.6 Å². The molecule has 3 aromatic rings. The summed E-state index contributed by atoms with van der Waals surface area (Å²) in [5.41, 5.74) is 2.12. The number of aryl methyl sites for hydroxylation is 1. The molecule has 0 fully saturated rings. The van der Waals surface area contributed by atoms with Gasteiger partial charge in [-0.2, -0.15) is 5.26 Å². The number of amides is 1. The van der Waals surface area contributed by atoms with Gasteiger partial charge < -0.3 is 10.1 Å². The fraction of sp³-hybridized carbons (Fsp3) is 0.0833. The van der Waals surface area contributed by atoms with E-state index in [0.717, 1.165) is 5.56 Å². The normalized spacial score (nSPS) is 10.1. The van der Waals surface area contributed by atoms with Crippen LogP contribution in [0.4, 0.5) is 5.69 Å². The number of hydrogen-bond donors (Lipinski definition) is 1. The second-order valence-electron chi connectivity index (χ2n) is 6.67. The third-order valence-corrected chi connectivity index (χ3v) is 4.65. The van der Waals surface area contributed by atoms with Crippen LogP contribution in [0.5, 0.6) is 0 Å². The van der Waals surface area contributed by atoms with Crippen molar-refractivity contribution < 1.29 is 19.1 Å². The number of hydrogen-bond acceptors (Lipinski definition) is 5. The molecule has 0 radical (unpaired) electrons. The van der Waals surface area contributed by atoms with Crippen LogP contribution in [0.3, 0.4) is 0 Å². The van der Waals surface area contributed by atoms with Crippen LogP contribution in [-0.2, 0) is 9.53 Å². The summed E-state index contributed by atoms with van der Waals surface area (Å²) in [7, 11) is 0. The van der Waals surface area contributed by atoms with Gasteiger partial charge in [0.1, 0.15) is 6.07 Å². The van der Waals surface area contributed by atoms with Crippen molar-refractivity contribution in [3.8, 4) is 6.07 Å². The lowest BCUT2D eigenvalue weighted by molar-refractivity contribution is -0.119. The molecule has 3 aromatic carbocycles. The number of benzene rings is 3. The van der Waals surface area contributed by atoms with Crippen molar-refractivity contribution in [3.63, 3.8) is 0 Å². The molecule has 0 saturated heterocycles. The largest absolute Gasteiger partial charge is 0.452 e. The van der Waals surface area contributed by atoms with Crippen molar-refractivity contribution in [1.82, 2.24) is 0 Å². The lowest BCUT2D eigenvalue weighted by Crippen LogP contribution is -2.22. The maximum absolute atomic E-state index is 12.8. The number of ether oxygens (including phenoxy) is 1. The Labute approximate surface area is 184 Å². The van der Waals surface area contributed by atoms with Gasteiger partial charge in [-0.3, -0.25) is 9.59 Å². The zero-order valence-electron chi connectivity index (χ0n) is 16.5. The Morgan fingerprint density at radius 3 is 2.35 bits per heavy atom. The molecule has 0 unspecified atom stereocenters.